The van der Waals surface area contributed by atoms with Crippen LogP contribution in [0.5, 0.6) is 0 Å². The molecule has 0 spiro atoms. The summed E-state index contributed by atoms with van der Waals surface area (Å²) >= 11 is 5.98. The van der Waals surface area contributed by atoms with E-state index in [0.717, 1.165) is 42.9 Å². The Labute approximate surface area is 200 Å². The Morgan fingerprint density at radius 3 is 2.58 bits per heavy atom. The van der Waals surface area contributed by atoms with Crippen molar-refractivity contribution in [3.63, 3.8) is 0 Å². The van der Waals surface area contributed by atoms with Crippen molar-refractivity contribution in [2.45, 2.75) is 25.7 Å². The van der Waals surface area contributed by atoms with Crippen molar-refractivity contribution in [3.05, 3.63) is 88.1 Å². The third-order valence-corrected chi connectivity index (χ3v) is 6.75. The highest BCUT2D eigenvalue weighted by Gasteiger charge is 2.24. The van der Waals surface area contributed by atoms with Gasteiger partial charge in [-0.05, 0) is 86.8 Å². The maximum absolute atomic E-state index is 13.3. The molecule has 33 heavy (non-hydrogen) atoms. The lowest BCUT2D eigenvalue weighted by molar-refractivity contribution is 0.0985. The monoisotopic (exact) mass is 457 g/mol. The van der Waals surface area contributed by atoms with Crippen LogP contribution in [-0.2, 0) is 6.42 Å². The number of carbonyl (C=O) groups is 1. The number of pyridine rings is 1. The van der Waals surface area contributed by atoms with Crippen LogP contribution in [0.1, 0.15) is 40.7 Å². The Morgan fingerprint density at radius 2 is 1.82 bits per heavy atom. The van der Waals surface area contributed by atoms with Crippen molar-refractivity contribution < 1.29 is 4.79 Å². The van der Waals surface area contributed by atoms with E-state index < -0.39 is 0 Å². The van der Waals surface area contributed by atoms with E-state index in [9.17, 15) is 4.79 Å². The van der Waals surface area contributed by atoms with Crippen molar-refractivity contribution in [1.82, 2.24) is 9.88 Å². The summed E-state index contributed by atoms with van der Waals surface area (Å²) in [6.07, 6.45) is 8.38. The number of anilines is 1. The van der Waals surface area contributed by atoms with Gasteiger partial charge in [-0.1, -0.05) is 41.4 Å². The lowest BCUT2D eigenvalue weighted by Crippen LogP contribution is -2.35. The minimum absolute atomic E-state index is 0.00566. The number of amides is 1. The molecule has 0 aliphatic carbocycles. The molecule has 2 aromatic carbocycles. The van der Waals surface area contributed by atoms with Crippen LogP contribution in [0.15, 0.2) is 66.4 Å². The summed E-state index contributed by atoms with van der Waals surface area (Å²) in [5.41, 5.74) is 7.41. The third kappa shape index (κ3) is 4.87. The number of piperidine rings is 1. The molecule has 1 aromatic heterocycles. The van der Waals surface area contributed by atoms with Crippen molar-refractivity contribution in [2.24, 2.45) is 0 Å². The van der Waals surface area contributed by atoms with E-state index in [-0.39, 0.29) is 5.91 Å². The Balaban J connectivity index is 1.36. The van der Waals surface area contributed by atoms with Gasteiger partial charge in [0.15, 0.2) is 0 Å². The number of nitrogens with zero attached hydrogens (tertiary/aromatic N) is 3. The van der Waals surface area contributed by atoms with Gasteiger partial charge in [0.2, 0.25) is 0 Å². The van der Waals surface area contributed by atoms with Crippen molar-refractivity contribution >= 4 is 29.3 Å². The second kappa shape index (κ2) is 9.50. The fourth-order valence-corrected chi connectivity index (χ4v) is 4.95. The molecule has 2 aliphatic heterocycles. The summed E-state index contributed by atoms with van der Waals surface area (Å²) in [4.78, 5) is 22.2. The van der Waals surface area contributed by atoms with Crippen molar-refractivity contribution in [3.8, 4) is 11.3 Å². The van der Waals surface area contributed by atoms with E-state index in [2.05, 4.69) is 41.2 Å². The fourth-order valence-electron chi connectivity index (χ4n) is 4.82. The topological polar surface area (TPSA) is 36.4 Å². The van der Waals surface area contributed by atoms with Gasteiger partial charge in [0.25, 0.3) is 5.91 Å². The number of fused-ring (bicyclic) bond motifs is 1. The largest absolute Gasteiger partial charge is 0.308 e. The molecule has 1 saturated heterocycles. The first kappa shape index (κ1) is 21.9. The number of likely N-dealkylation sites (tertiary alicyclic amines) is 1. The molecule has 0 saturated carbocycles. The van der Waals surface area contributed by atoms with Gasteiger partial charge in [-0.3, -0.25) is 9.78 Å². The molecule has 3 heterocycles. The summed E-state index contributed by atoms with van der Waals surface area (Å²) < 4.78 is 0. The minimum atomic E-state index is 0.00566. The highest BCUT2D eigenvalue weighted by atomic mass is 35.5. The highest BCUT2D eigenvalue weighted by molar-refractivity contribution is 6.30. The van der Waals surface area contributed by atoms with E-state index in [1.807, 2.05) is 41.3 Å². The van der Waals surface area contributed by atoms with Crippen LogP contribution >= 0.6 is 11.6 Å². The van der Waals surface area contributed by atoms with Gasteiger partial charge in [0.1, 0.15) is 0 Å². The van der Waals surface area contributed by atoms with Crippen LogP contribution in [-0.4, -0.2) is 42.5 Å². The lowest BCUT2D eigenvalue weighted by Gasteiger charge is -2.30. The van der Waals surface area contributed by atoms with E-state index in [0.29, 0.717) is 10.6 Å². The van der Waals surface area contributed by atoms with Gasteiger partial charge >= 0.3 is 0 Å². The Kier molecular flexibility index (Phi) is 6.30. The normalized spacial score (nSPS) is 17.8. The third-order valence-electron chi connectivity index (χ3n) is 6.50. The average Bonchev–Trinajstić information content (AvgIpc) is 2.84. The van der Waals surface area contributed by atoms with Gasteiger partial charge in [-0.25, -0.2) is 0 Å². The molecular weight excluding hydrogens is 430 g/mol. The molecule has 0 atom stereocenters. The van der Waals surface area contributed by atoms with Crippen LogP contribution < -0.4 is 4.90 Å². The predicted molar refractivity (Wildman–Crippen MR) is 136 cm³/mol. The average molecular weight is 458 g/mol. The quantitative estimate of drug-likeness (QED) is 0.476. The van der Waals surface area contributed by atoms with Gasteiger partial charge in [0.05, 0.1) is 11.3 Å². The minimum Gasteiger partial charge on any atom is -0.308 e. The number of carbonyl (C=O) groups excluding carboxylic acids is 1. The SMILES string of the molecule is CN1CCC/C(=C\c2ccc3c(c2)CCCN3C(=O)c2ccc(-c3ccc(Cl)cc3)nc2)C1. The number of halogens is 1. The van der Waals surface area contributed by atoms with Crippen molar-refractivity contribution in [2.75, 3.05) is 31.6 Å². The number of rotatable bonds is 3. The van der Waals surface area contributed by atoms with Crippen molar-refractivity contribution in [1.29, 1.82) is 0 Å². The molecule has 168 valence electrons. The Morgan fingerprint density at radius 1 is 1.00 bits per heavy atom. The maximum Gasteiger partial charge on any atom is 0.259 e. The van der Waals surface area contributed by atoms with E-state index >= 15 is 0 Å². The number of aryl methyl sites for hydroxylation is 1. The van der Waals surface area contributed by atoms with Gasteiger partial charge in [-0.2, -0.15) is 0 Å². The Hall–Kier alpha value is -2.95. The molecule has 0 N–H and O–H groups in total. The molecule has 2 aliphatic rings. The van der Waals surface area contributed by atoms with E-state index in [1.54, 1.807) is 6.20 Å². The van der Waals surface area contributed by atoms with Crippen LogP contribution in [0.4, 0.5) is 5.69 Å². The zero-order valence-corrected chi connectivity index (χ0v) is 19.7. The van der Waals surface area contributed by atoms with Crippen LogP contribution in [0.2, 0.25) is 5.02 Å². The number of likely N-dealkylation sites (N-methyl/N-ethyl adjacent to an activating group) is 1. The predicted octanol–water partition coefficient (Wildman–Crippen LogP) is 6.10. The molecule has 1 amide bonds. The summed E-state index contributed by atoms with van der Waals surface area (Å²) in [5.74, 6) is 0.00566. The van der Waals surface area contributed by atoms with Crippen LogP contribution in [0, 0.1) is 0 Å². The second-order valence-electron chi connectivity index (χ2n) is 9.03. The first-order valence-electron chi connectivity index (χ1n) is 11.6. The molecule has 5 rings (SSSR count). The smallest absolute Gasteiger partial charge is 0.259 e. The van der Waals surface area contributed by atoms with Crippen LogP contribution in [0.3, 0.4) is 0 Å². The van der Waals surface area contributed by atoms with Crippen LogP contribution in [0.25, 0.3) is 17.3 Å². The van der Waals surface area contributed by atoms with Gasteiger partial charge in [-0.15, -0.1) is 0 Å². The first-order chi connectivity index (χ1) is 16.1. The summed E-state index contributed by atoms with van der Waals surface area (Å²) in [7, 11) is 2.18. The first-order valence-corrected chi connectivity index (χ1v) is 12.0. The molecular formula is C28H28ClN3O. The zero-order valence-electron chi connectivity index (χ0n) is 18.9. The molecule has 1 fully saturated rings. The van der Waals surface area contributed by atoms with Gasteiger partial charge in [0, 0.05) is 35.6 Å². The molecule has 5 heteroatoms. The summed E-state index contributed by atoms with van der Waals surface area (Å²) in [6.45, 7) is 2.95. The second-order valence-corrected chi connectivity index (χ2v) is 9.47. The molecule has 3 aromatic rings. The Bertz CT molecular complexity index is 1180. The maximum atomic E-state index is 13.3. The summed E-state index contributed by atoms with van der Waals surface area (Å²) in [6, 6.07) is 17.9. The molecule has 4 nitrogen and oxygen atoms in total. The molecule has 0 bridgehead atoms. The van der Waals surface area contributed by atoms with E-state index in [1.165, 1.54) is 36.1 Å². The molecule has 0 radical (unpaired) electrons. The standard InChI is InChI=1S/C28H28ClN3O/c1-31-14-2-4-21(19-31)16-20-6-13-27-23(17-20)5-3-15-32(27)28(33)24-9-12-26(30-18-24)22-7-10-25(29)11-8-22/h6-13,16-18H,2-5,14-15,19H2,1H3/b21-16+. The number of benzene rings is 2. The number of aromatic nitrogens is 1. The zero-order chi connectivity index (χ0) is 22.8. The fraction of sp³-hybridized carbons (Fsp3) is 0.286. The lowest BCUT2D eigenvalue weighted by atomic mass is 9.96. The number of hydrogen-bond acceptors (Lipinski definition) is 3. The summed E-state index contributed by atoms with van der Waals surface area (Å²) in [5, 5.41) is 0.694. The van der Waals surface area contributed by atoms with E-state index in [4.69, 9.17) is 11.6 Å². The van der Waals surface area contributed by atoms with Gasteiger partial charge < -0.3 is 9.80 Å². The molecule has 0 unspecified atom stereocenters. The number of hydrogen-bond donors (Lipinski definition) is 0. The highest BCUT2D eigenvalue weighted by Crippen LogP contribution is 2.31.